The number of carbonyl (C=O) groups excluding carboxylic acids is 1. The van der Waals surface area contributed by atoms with Gasteiger partial charge in [-0.3, -0.25) is 4.79 Å². The van der Waals surface area contributed by atoms with E-state index in [0.29, 0.717) is 4.88 Å². The second kappa shape index (κ2) is 6.72. The summed E-state index contributed by atoms with van der Waals surface area (Å²) in [6.07, 6.45) is 0. The van der Waals surface area contributed by atoms with Gasteiger partial charge in [-0.1, -0.05) is 13.0 Å². The molecule has 2 aromatic rings. The Balaban J connectivity index is 2.14. The lowest BCUT2D eigenvalue weighted by Gasteiger charge is -2.13. The molecule has 0 aliphatic rings. The third kappa shape index (κ3) is 3.29. The van der Waals surface area contributed by atoms with Crippen LogP contribution in [0.1, 0.15) is 23.5 Å². The maximum atomic E-state index is 12.2. The maximum Gasteiger partial charge on any atom is 0.261 e. The van der Waals surface area contributed by atoms with Crippen LogP contribution < -0.4 is 15.4 Å². The zero-order valence-electron chi connectivity index (χ0n) is 12.0. The highest BCUT2D eigenvalue weighted by Crippen LogP contribution is 2.32. The fourth-order valence-electron chi connectivity index (χ4n) is 2.03. The predicted molar refractivity (Wildman–Crippen MR) is 83.8 cm³/mol. The number of carbonyl (C=O) groups is 1. The number of ether oxygens (including phenoxy) is 1. The molecule has 0 fully saturated rings. The molecular formula is C15H20N2O2S. The zero-order chi connectivity index (χ0) is 14.5. The van der Waals surface area contributed by atoms with E-state index in [-0.39, 0.29) is 11.9 Å². The molecule has 0 aliphatic heterocycles. The van der Waals surface area contributed by atoms with E-state index >= 15 is 0 Å². The van der Waals surface area contributed by atoms with Crippen molar-refractivity contribution >= 4 is 27.3 Å². The van der Waals surface area contributed by atoms with Gasteiger partial charge in [0.15, 0.2) is 0 Å². The number of hydrogen-bond donors (Lipinski definition) is 2. The van der Waals surface area contributed by atoms with Crippen molar-refractivity contribution < 1.29 is 9.53 Å². The Morgan fingerprint density at radius 1 is 1.45 bits per heavy atom. The number of amides is 1. The van der Waals surface area contributed by atoms with E-state index < -0.39 is 0 Å². The van der Waals surface area contributed by atoms with Gasteiger partial charge in [0.25, 0.3) is 5.91 Å². The molecule has 0 bridgehead atoms. The summed E-state index contributed by atoms with van der Waals surface area (Å²) in [7, 11) is 1.64. The summed E-state index contributed by atoms with van der Waals surface area (Å²) in [5.74, 6) is 0.775. The first-order chi connectivity index (χ1) is 9.65. The molecule has 108 valence electrons. The smallest absolute Gasteiger partial charge is 0.261 e. The SMILES string of the molecule is CCNCC(C)NC(=O)c1cc2c(OC)cccc2s1. The first-order valence-electron chi connectivity index (χ1n) is 6.73. The van der Waals surface area contributed by atoms with Gasteiger partial charge >= 0.3 is 0 Å². The Bertz CT molecular complexity index is 595. The monoisotopic (exact) mass is 292 g/mol. The number of methoxy groups -OCH3 is 1. The summed E-state index contributed by atoms with van der Waals surface area (Å²) in [5.41, 5.74) is 0. The quantitative estimate of drug-likeness (QED) is 0.860. The molecule has 1 heterocycles. The molecule has 2 rings (SSSR count). The van der Waals surface area contributed by atoms with E-state index in [4.69, 9.17) is 4.74 Å². The normalized spacial score (nSPS) is 12.3. The van der Waals surface area contributed by atoms with Gasteiger partial charge in [-0.05, 0) is 31.7 Å². The molecule has 1 aromatic carbocycles. The van der Waals surface area contributed by atoms with Crippen LogP contribution in [0.5, 0.6) is 5.75 Å². The van der Waals surface area contributed by atoms with Crippen LogP contribution >= 0.6 is 11.3 Å². The number of fused-ring (bicyclic) bond motifs is 1. The number of benzene rings is 1. The minimum absolute atomic E-state index is 0.0290. The molecule has 0 radical (unpaired) electrons. The van der Waals surface area contributed by atoms with Crippen molar-refractivity contribution in [2.24, 2.45) is 0 Å². The molecule has 4 nitrogen and oxygen atoms in total. The lowest BCUT2D eigenvalue weighted by Crippen LogP contribution is -2.39. The van der Waals surface area contributed by atoms with Crippen molar-refractivity contribution in [3.63, 3.8) is 0 Å². The van der Waals surface area contributed by atoms with Crippen molar-refractivity contribution in [2.45, 2.75) is 19.9 Å². The predicted octanol–water partition coefficient (Wildman–Crippen LogP) is 2.64. The van der Waals surface area contributed by atoms with Gasteiger partial charge in [0.1, 0.15) is 5.75 Å². The van der Waals surface area contributed by atoms with Crippen LogP contribution in [-0.2, 0) is 0 Å². The number of rotatable bonds is 6. The Hall–Kier alpha value is -1.59. The first-order valence-corrected chi connectivity index (χ1v) is 7.55. The van der Waals surface area contributed by atoms with Crippen LogP contribution in [0, 0.1) is 0 Å². The molecule has 20 heavy (non-hydrogen) atoms. The average molecular weight is 292 g/mol. The molecule has 0 aliphatic carbocycles. The maximum absolute atomic E-state index is 12.2. The van der Waals surface area contributed by atoms with Crippen molar-refractivity contribution in [3.8, 4) is 5.75 Å². The second-order valence-electron chi connectivity index (χ2n) is 4.66. The number of thiophene rings is 1. The van der Waals surface area contributed by atoms with Gasteiger partial charge < -0.3 is 15.4 Å². The highest BCUT2D eigenvalue weighted by molar-refractivity contribution is 7.20. The number of likely N-dealkylation sites (N-methyl/N-ethyl adjacent to an activating group) is 1. The molecular weight excluding hydrogens is 272 g/mol. The van der Waals surface area contributed by atoms with Gasteiger partial charge in [0, 0.05) is 22.7 Å². The van der Waals surface area contributed by atoms with Gasteiger partial charge in [-0.2, -0.15) is 0 Å². The summed E-state index contributed by atoms with van der Waals surface area (Å²) in [4.78, 5) is 12.9. The average Bonchev–Trinajstić information content (AvgIpc) is 2.89. The lowest BCUT2D eigenvalue weighted by atomic mass is 10.2. The van der Waals surface area contributed by atoms with Crippen LogP contribution in [-0.4, -0.2) is 32.1 Å². The Morgan fingerprint density at radius 3 is 2.95 bits per heavy atom. The Labute approximate surface area is 123 Å². The van der Waals surface area contributed by atoms with E-state index in [1.165, 1.54) is 11.3 Å². The number of hydrogen-bond acceptors (Lipinski definition) is 4. The third-order valence-electron chi connectivity index (χ3n) is 3.04. The van der Waals surface area contributed by atoms with Gasteiger partial charge in [0.05, 0.1) is 12.0 Å². The van der Waals surface area contributed by atoms with E-state index in [1.807, 2.05) is 38.1 Å². The number of nitrogens with one attached hydrogen (secondary N) is 2. The van der Waals surface area contributed by atoms with Crippen LogP contribution in [0.3, 0.4) is 0 Å². The molecule has 1 atom stereocenters. The van der Waals surface area contributed by atoms with E-state index in [1.54, 1.807) is 7.11 Å². The Morgan fingerprint density at radius 2 is 2.25 bits per heavy atom. The van der Waals surface area contributed by atoms with Crippen molar-refractivity contribution in [1.29, 1.82) is 0 Å². The van der Waals surface area contributed by atoms with E-state index in [2.05, 4.69) is 10.6 Å². The largest absolute Gasteiger partial charge is 0.496 e. The van der Waals surface area contributed by atoms with Gasteiger partial charge in [0.2, 0.25) is 0 Å². The van der Waals surface area contributed by atoms with Crippen LogP contribution in [0.2, 0.25) is 0 Å². The fourth-order valence-corrected chi connectivity index (χ4v) is 3.01. The van der Waals surface area contributed by atoms with E-state index in [0.717, 1.165) is 28.9 Å². The van der Waals surface area contributed by atoms with Crippen LogP contribution in [0.15, 0.2) is 24.3 Å². The summed E-state index contributed by atoms with van der Waals surface area (Å²) in [5, 5.41) is 7.21. The summed E-state index contributed by atoms with van der Waals surface area (Å²) in [6.45, 7) is 5.72. The topological polar surface area (TPSA) is 50.4 Å². The standard InChI is InChI=1S/C15H20N2O2S/c1-4-16-9-10(2)17-15(18)14-8-11-12(19-3)6-5-7-13(11)20-14/h5-8,10,16H,4,9H2,1-3H3,(H,17,18). The van der Waals surface area contributed by atoms with Gasteiger partial charge in [-0.15, -0.1) is 11.3 Å². The highest BCUT2D eigenvalue weighted by Gasteiger charge is 2.14. The van der Waals surface area contributed by atoms with Crippen molar-refractivity contribution in [2.75, 3.05) is 20.2 Å². The first kappa shape index (κ1) is 14.8. The lowest BCUT2D eigenvalue weighted by molar-refractivity contribution is 0.0944. The Kier molecular flexibility index (Phi) is 4.98. The second-order valence-corrected chi connectivity index (χ2v) is 5.75. The minimum Gasteiger partial charge on any atom is -0.496 e. The highest BCUT2D eigenvalue weighted by atomic mass is 32.1. The summed E-state index contributed by atoms with van der Waals surface area (Å²) >= 11 is 1.49. The third-order valence-corrected chi connectivity index (χ3v) is 4.14. The molecule has 1 unspecified atom stereocenters. The van der Waals surface area contributed by atoms with E-state index in [9.17, 15) is 4.79 Å². The molecule has 2 N–H and O–H groups in total. The molecule has 5 heteroatoms. The molecule has 0 spiro atoms. The van der Waals surface area contributed by atoms with Crippen molar-refractivity contribution in [1.82, 2.24) is 10.6 Å². The fraction of sp³-hybridized carbons (Fsp3) is 0.400. The zero-order valence-corrected chi connectivity index (χ0v) is 12.8. The summed E-state index contributed by atoms with van der Waals surface area (Å²) < 4.78 is 6.38. The molecule has 0 saturated heterocycles. The molecule has 1 aromatic heterocycles. The van der Waals surface area contributed by atoms with Crippen LogP contribution in [0.25, 0.3) is 10.1 Å². The summed E-state index contributed by atoms with van der Waals surface area (Å²) in [6, 6.07) is 7.85. The van der Waals surface area contributed by atoms with Gasteiger partial charge in [-0.25, -0.2) is 0 Å². The molecule has 1 amide bonds. The van der Waals surface area contributed by atoms with Crippen LogP contribution in [0.4, 0.5) is 0 Å². The minimum atomic E-state index is -0.0290. The van der Waals surface area contributed by atoms with Crippen molar-refractivity contribution in [3.05, 3.63) is 29.1 Å². The molecule has 0 saturated carbocycles.